The number of rotatable bonds is 5. The SMILES string of the molecule is CCCNC(=O)CNc1ncccc1C. The molecule has 0 aromatic carbocycles. The number of hydrogen-bond acceptors (Lipinski definition) is 3. The largest absolute Gasteiger partial charge is 0.361 e. The molecule has 1 heterocycles. The number of hydrogen-bond donors (Lipinski definition) is 2. The highest BCUT2D eigenvalue weighted by atomic mass is 16.1. The summed E-state index contributed by atoms with van der Waals surface area (Å²) in [5, 5.41) is 5.79. The summed E-state index contributed by atoms with van der Waals surface area (Å²) < 4.78 is 0. The summed E-state index contributed by atoms with van der Waals surface area (Å²) >= 11 is 0. The zero-order chi connectivity index (χ0) is 11.1. The number of nitrogens with zero attached hydrogens (tertiary/aromatic N) is 1. The van der Waals surface area contributed by atoms with Crippen molar-refractivity contribution in [3.8, 4) is 0 Å². The van der Waals surface area contributed by atoms with Crippen molar-refractivity contribution in [3.63, 3.8) is 0 Å². The van der Waals surface area contributed by atoms with E-state index in [4.69, 9.17) is 0 Å². The van der Waals surface area contributed by atoms with Gasteiger partial charge in [0.25, 0.3) is 0 Å². The molecule has 0 atom stereocenters. The van der Waals surface area contributed by atoms with Crippen LogP contribution in [-0.2, 0) is 4.79 Å². The molecule has 0 spiro atoms. The number of amides is 1. The summed E-state index contributed by atoms with van der Waals surface area (Å²) in [5.74, 6) is 0.769. The number of aromatic nitrogens is 1. The molecule has 1 rings (SSSR count). The van der Waals surface area contributed by atoms with Gasteiger partial charge in [-0.3, -0.25) is 4.79 Å². The number of nitrogens with one attached hydrogen (secondary N) is 2. The van der Waals surface area contributed by atoms with Crippen molar-refractivity contribution < 1.29 is 4.79 Å². The summed E-state index contributed by atoms with van der Waals surface area (Å²) in [7, 11) is 0. The Kier molecular flexibility index (Phi) is 4.60. The van der Waals surface area contributed by atoms with Gasteiger partial charge in [0.2, 0.25) is 5.91 Å². The smallest absolute Gasteiger partial charge is 0.239 e. The van der Waals surface area contributed by atoms with E-state index in [1.165, 1.54) is 0 Å². The maximum absolute atomic E-state index is 11.3. The molecule has 0 radical (unpaired) electrons. The normalized spacial score (nSPS) is 9.73. The van der Waals surface area contributed by atoms with Crippen LogP contribution in [0.1, 0.15) is 18.9 Å². The molecule has 0 aliphatic carbocycles. The minimum atomic E-state index is 0.00176. The van der Waals surface area contributed by atoms with Crippen molar-refractivity contribution in [1.29, 1.82) is 0 Å². The maximum atomic E-state index is 11.3. The number of pyridine rings is 1. The molecule has 1 aromatic rings. The van der Waals surface area contributed by atoms with E-state index in [1.54, 1.807) is 6.20 Å². The molecular formula is C11H17N3O. The van der Waals surface area contributed by atoms with E-state index in [9.17, 15) is 4.79 Å². The van der Waals surface area contributed by atoms with E-state index in [1.807, 2.05) is 26.0 Å². The molecular weight excluding hydrogens is 190 g/mol. The second-order valence-corrected chi connectivity index (χ2v) is 3.37. The minimum Gasteiger partial charge on any atom is -0.361 e. The van der Waals surface area contributed by atoms with Crippen LogP contribution >= 0.6 is 0 Å². The van der Waals surface area contributed by atoms with Crippen molar-refractivity contribution in [2.45, 2.75) is 20.3 Å². The van der Waals surface area contributed by atoms with Gasteiger partial charge in [0.1, 0.15) is 5.82 Å². The van der Waals surface area contributed by atoms with Crippen LogP contribution in [0.3, 0.4) is 0 Å². The first kappa shape index (κ1) is 11.5. The van der Waals surface area contributed by atoms with Crippen LogP contribution in [0.15, 0.2) is 18.3 Å². The predicted octanol–water partition coefficient (Wildman–Crippen LogP) is 1.33. The molecule has 4 nitrogen and oxygen atoms in total. The summed E-state index contributed by atoms with van der Waals surface area (Å²) in [6.07, 6.45) is 2.66. The van der Waals surface area contributed by atoms with Crippen molar-refractivity contribution in [3.05, 3.63) is 23.9 Å². The first-order valence-electron chi connectivity index (χ1n) is 5.16. The molecule has 4 heteroatoms. The highest BCUT2D eigenvalue weighted by Gasteiger charge is 2.01. The Bertz CT molecular complexity index is 325. The number of aryl methyl sites for hydroxylation is 1. The summed E-state index contributed by atoms with van der Waals surface area (Å²) in [4.78, 5) is 15.4. The Morgan fingerprint density at radius 1 is 1.53 bits per heavy atom. The zero-order valence-corrected chi connectivity index (χ0v) is 9.21. The summed E-state index contributed by atoms with van der Waals surface area (Å²) in [5.41, 5.74) is 1.04. The van der Waals surface area contributed by atoms with Crippen molar-refractivity contribution in [2.75, 3.05) is 18.4 Å². The van der Waals surface area contributed by atoms with E-state index in [0.29, 0.717) is 0 Å². The quantitative estimate of drug-likeness (QED) is 0.765. The fourth-order valence-electron chi connectivity index (χ4n) is 1.16. The van der Waals surface area contributed by atoms with Crippen molar-refractivity contribution in [1.82, 2.24) is 10.3 Å². The lowest BCUT2D eigenvalue weighted by molar-refractivity contribution is -0.119. The standard InChI is InChI=1S/C11H17N3O/c1-3-6-12-10(15)8-14-11-9(2)5-4-7-13-11/h4-5,7H,3,6,8H2,1-2H3,(H,12,15)(H,13,14). The van der Waals surface area contributed by atoms with Crippen molar-refractivity contribution >= 4 is 11.7 Å². The Labute approximate surface area is 90.1 Å². The molecule has 82 valence electrons. The van der Waals surface area contributed by atoms with Crippen LogP contribution < -0.4 is 10.6 Å². The maximum Gasteiger partial charge on any atom is 0.239 e. The van der Waals surface area contributed by atoms with Gasteiger partial charge in [0, 0.05) is 12.7 Å². The van der Waals surface area contributed by atoms with Crippen LogP contribution in [0.2, 0.25) is 0 Å². The average molecular weight is 207 g/mol. The number of carbonyl (C=O) groups is 1. The molecule has 1 aromatic heterocycles. The van der Waals surface area contributed by atoms with Gasteiger partial charge < -0.3 is 10.6 Å². The van der Waals surface area contributed by atoms with Gasteiger partial charge in [-0.1, -0.05) is 13.0 Å². The molecule has 0 saturated heterocycles. The minimum absolute atomic E-state index is 0.00176. The Morgan fingerprint density at radius 2 is 2.33 bits per heavy atom. The van der Waals surface area contributed by atoms with Gasteiger partial charge in [0.15, 0.2) is 0 Å². The van der Waals surface area contributed by atoms with E-state index >= 15 is 0 Å². The van der Waals surface area contributed by atoms with Gasteiger partial charge in [-0.15, -0.1) is 0 Å². The Balaban J connectivity index is 2.37. The zero-order valence-electron chi connectivity index (χ0n) is 9.21. The summed E-state index contributed by atoms with van der Waals surface area (Å²) in [6.45, 7) is 4.98. The molecule has 0 unspecified atom stereocenters. The molecule has 0 aliphatic rings. The summed E-state index contributed by atoms with van der Waals surface area (Å²) in [6, 6.07) is 3.83. The number of anilines is 1. The van der Waals surface area contributed by atoms with Gasteiger partial charge in [-0.2, -0.15) is 0 Å². The van der Waals surface area contributed by atoms with E-state index in [-0.39, 0.29) is 12.5 Å². The van der Waals surface area contributed by atoms with Crippen molar-refractivity contribution in [2.24, 2.45) is 0 Å². The van der Waals surface area contributed by atoms with Crippen LogP contribution in [-0.4, -0.2) is 24.0 Å². The van der Waals surface area contributed by atoms with Gasteiger partial charge in [-0.25, -0.2) is 4.98 Å². The predicted molar refractivity (Wildman–Crippen MR) is 60.8 cm³/mol. The van der Waals surface area contributed by atoms with Crippen LogP contribution in [0.5, 0.6) is 0 Å². The van der Waals surface area contributed by atoms with Crippen LogP contribution in [0.4, 0.5) is 5.82 Å². The average Bonchev–Trinajstić information content (AvgIpc) is 2.25. The first-order chi connectivity index (χ1) is 7.24. The Hall–Kier alpha value is -1.58. The molecule has 0 fully saturated rings. The molecule has 0 bridgehead atoms. The number of carbonyl (C=O) groups excluding carboxylic acids is 1. The molecule has 2 N–H and O–H groups in total. The Morgan fingerprint density at radius 3 is 3.00 bits per heavy atom. The highest BCUT2D eigenvalue weighted by Crippen LogP contribution is 2.07. The highest BCUT2D eigenvalue weighted by molar-refractivity contribution is 5.80. The van der Waals surface area contributed by atoms with Gasteiger partial charge >= 0.3 is 0 Å². The van der Waals surface area contributed by atoms with E-state index < -0.39 is 0 Å². The monoisotopic (exact) mass is 207 g/mol. The first-order valence-corrected chi connectivity index (χ1v) is 5.16. The third-order valence-electron chi connectivity index (χ3n) is 2.00. The molecule has 0 saturated carbocycles. The lowest BCUT2D eigenvalue weighted by Gasteiger charge is -2.07. The van der Waals surface area contributed by atoms with Crippen LogP contribution in [0, 0.1) is 6.92 Å². The van der Waals surface area contributed by atoms with Gasteiger partial charge in [-0.05, 0) is 25.0 Å². The second kappa shape index (κ2) is 6.01. The lowest BCUT2D eigenvalue weighted by Crippen LogP contribution is -2.30. The third-order valence-corrected chi connectivity index (χ3v) is 2.00. The molecule has 1 amide bonds. The molecule has 15 heavy (non-hydrogen) atoms. The van der Waals surface area contributed by atoms with E-state index in [0.717, 1.165) is 24.3 Å². The van der Waals surface area contributed by atoms with Crippen LogP contribution in [0.25, 0.3) is 0 Å². The second-order valence-electron chi connectivity index (χ2n) is 3.37. The lowest BCUT2D eigenvalue weighted by atomic mass is 10.3. The third kappa shape index (κ3) is 3.97. The topological polar surface area (TPSA) is 54.0 Å². The van der Waals surface area contributed by atoms with E-state index in [2.05, 4.69) is 15.6 Å². The molecule has 0 aliphatic heterocycles. The fraction of sp³-hybridized carbons (Fsp3) is 0.455. The van der Waals surface area contributed by atoms with Gasteiger partial charge in [0.05, 0.1) is 6.54 Å². The fourth-order valence-corrected chi connectivity index (χ4v) is 1.16.